The summed E-state index contributed by atoms with van der Waals surface area (Å²) in [6.45, 7) is 6.92. The van der Waals surface area contributed by atoms with Crippen LogP contribution in [-0.4, -0.2) is 48.8 Å². The zero-order chi connectivity index (χ0) is 12.1. The fraction of sp³-hybridized carbons (Fsp3) is 0.583. The lowest BCUT2D eigenvalue weighted by molar-refractivity contribution is 0.0368. The lowest BCUT2D eigenvalue weighted by atomic mass is 10.2. The van der Waals surface area contributed by atoms with E-state index in [0.29, 0.717) is 11.9 Å². The summed E-state index contributed by atoms with van der Waals surface area (Å²) in [5, 5.41) is 3.42. The minimum Gasteiger partial charge on any atom is -0.384 e. The summed E-state index contributed by atoms with van der Waals surface area (Å²) in [6.07, 6.45) is 1.77. The van der Waals surface area contributed by atoms with E-state index in [1.54, 1.807) is 6.20 Å². The third kappa shape index (κ3) is 3.87. The average Bonchev–Trinajstić information content (AvgIpc) is 2.33. The molecule has 17 heavy (non-hydrogen) atoms. The first-order chi connectivity index (χ1) is 8.24. The quantitative estimate of drug-likeness (QED) is 0.809. The number of ether oxygens (including phenoxy) is 1. The number of morpholine rings is 1. The van der Waals surface area contributed by atoms with Crippen LogP contribution >= 0.6 is 0 Å². The molecule has 0 bridgehead atoms. The van der Waals surface area contributed by atoms with Crippen molar-refractivity contribution in [1.29, 1.82) is 0 Å². The van der Waals surface area contributed by atoms with Crippen molar-refractivity contribution in [2.45, 2.75) is 13.0 Å². The second-order valence-electron chi connectivity index (χ2n) is 4.43. The molecule has 5 heteroatoms. The van der Waals surface area contributed by atoms with Crippen molar-refractivity contribution in [3.63, 3.8) is 0 Å². The molecule has 94 valence electrons. The van der Waals surface area contributed by atoms with E-state index in [4.69, 9.17) is 10.5 Å². The molecule has 2 rings (SSSR count). The van der Waals surface area contributed by atoms with Gasteiger partial charge in [-0.1, -0.05) is 0 Å². The van der Waals surface area contributed by atoms with Crippen molar-refractivity contribution in [3.05, 3.63) is 18.3 Å². The maximum absolute atomic E-state index is 5.55. The molecule has 1 aromatic rings. The third-order valence-corrected chi connectivity index (χ3v) is 2.84. The van der Waals surface area contributed by atoms with Crippen molar-refractivity contribution in [3.8, 4) is 0 Å². The Labute approximate surface area is 102 Å². The number of nitrogens with two attached hydrogens (primary N) is 1. The van der Waals surface area contributed by atoms with E-state index in [-0.39, 0.29) is 0 Å². The molecule has 0 aliphatic carbocycles. The van der Waals surface area contributed by atoms with E-state index >= 15 is 0 Å². The standard InChI is InChI=1S/C12H20N4O/c1-10(9-16-4-6-17-7-5-16)15-11-2-3-12(13)14-8-11/h2-3,8,10,15H,4-7,9H2,1H3,(H2,13,14). The summed E-state index contributed by atoms with van der Waals surface area (Å²) in [5.41, 5.74) is 6.56. The first-order valence-corrected chi connectivity index (χ1v) is 6.02. The molecule has 1 aliphatic heterocycles. The maximum atomic E-state index is 5.55. The van der Waals surface area contributed by atoms with E-state index in [9.17, 15) is 0 Å². The summed E-state index contributed by atoms with van der Waals surface area (Å²) in [4.78, 5) is 6.47. The lowest BCUT2D eigenvalue weighted by Gasteiger charge is -2.29. The topological polar surface area (TPSA) is 63.4 Å². The summed E-state index contributed by atoms with van der Waals surface area (Å²) >= 11 is 0. The van der Waals surface area contributed by atoms with Crippen molar-refractivity contribution in [2.75, 3.05) is 43.9 Å². The summed E-state index contributed by atoms with van der Waals surface area (Å²) in [5.74, 6) is 0.552. The summed E-state index contributed by atoms with van der Waals surface area (Å²) in [6, 6.07) is 4.15. The Morgan fingerprint density at radius 2 is 2.24 bits per heavy atom. The molecule has 0 aromatic carbocycles. The molecule has 1 saturated heterocycles. The van der Waals surface area contributed by atoms with Gasteiger partial charge < -0.3 is 15.8 Å². The fourth-order valence-corrected chi connectivity index (χ4v) is 1.99. The van der Waals surface area contributed by atoms with Gasteiger partial charge in [-0.05, 0) is 19.1 Å². The highest BCUT2D eigenvalue weighted by Crippen LogP contribution is 2.09. The number of nitrogens with zero attached hydrogens (tertiary/aromatic N) is 2. The van der Waals surface area contributed by atoms with Crippen LogP contribution in [0.2, 0.25) is 0 Å². The Morgan fingerprint density at radius 1 is 1.47 bits per heavy atom. The fourth-order valence-electron chi connectivity index (χ4n) is 1.99. The van der Waals surface area contributed by atoms with Crippen LogP contribution < -0.4 is 11.1 Å². The molecule has 5 nitrogen and oxygen atoms in total. The van der Waals surface area contributed by atoms with Crippen LogP contribution in [-0.2, 0) is 4.74 Å². The second-order valence-corrected chi connectivity index (χ2v) is 4.43. The summed E-state index contributed by atoms with van der Waals surface area (Å²) < 4.78 is 5.33. The van der Waals surface area contributed by atoms with Crippen molar-refractivity contribution >= 4 is 11.5 Å². The zero-order valence-corrected chi connectivity index (χ0v) is 10.2. The van der Waals surface area contributed by atoms with Gasteiger partial charge in [0.05, 0.1) is 25.1 Å². The van der Waals surface area contributed by atoms with Gasteiger partial charge in [-0.15, -0.1) is 0 Å². The first-order valence-electron chi connectivity index (χ1n) is 6.02. The molecule has 1 aromatic heterocycles. The number of nitrogen functional groups attached to an aromatic ring is 1. The number of hydrogen-bond acceptors (Lipinski definition) is 5. The highest BCUT2D eigenvalue weighted by molar-refractivity contribution is 5.45. The van der Waals surface area contributed by atoms with Crippen LogP contribution in [0.4, 0.5) is 11.5 Å². The van der Waals surface area contributed by atoms with Gasteiger partial charge in [-0.3, -0.25) is 4.90 Å². The predicted octanol–water partition coefficient (Wildman–Crippen LogP) is 0.796. The molecular weight excluding hydrogens is 216 g/mol. The van der Waals surface area contributed by atoms with Gasteiger partial charge in [0.2, 0.25) is 0 Å². The van der Waals surface area contributed by atoms with Gasteiger partial charge in [0.25, 0.3) is 0 Å². The Balaban J connectivity index is 1.79. The van der Waals surface area contributed by atoms with E-state index < -0.39 is 0 Å². The van der Waals surface area contributed by atoms with Crippen LogP contribution in [0.1, 0.15) is 6.92 Å². The molecule has 3 N–H and O–H groups in total. The maximum Gasteiger partial charge on any atom is 0.123 e. The number of pyridine rings is 1. The van der Waals surface area contributed by atoms with Gasteiger partial charge in [0.15, 0.2) is 0 Å². The van der Waals surface area contributed by atoms with Crippen LogP contribution in [0.5, 0.6) is 0 Å². The van der Waals surface area contributed by atoms with Crippen LogP contribution in [0, 0.1) is 0 Å². The number of rotatable bonds is 4. The minimum atomic E-state index is 0.388. The Hall–Kier alpha value is -1.33. The molecule has 0 radical (unpaired) electrons. The van der Waals surface area contributed by atoms with E-state index in [1.807, 2.05) is 12.1 Å². The average molecular weight is 236 g/mol. The van der Waals surface area contributed by atoms with Gasteiger partial charge in [0, 0.05) is 25.7 Å². The number of nitrogens with one attached hydrogen (secondary N) is 1. The summed E-state index contributed by atoms with van der Waals surface area (Å²) in [7, 11) is 0. The van der Waals surface area contributed by atoms with E-state index in [1.165, 1.54) is 0 Å². The van der Waals surface area contributed by atoms with Gasteiger partial charge in [0.1, 0.15) is 5.82 Å². The zero-order valence-electron chi connectivity index (χ0n) is 10.2. The highest BCUT2D eigenvalue weighted by atomic mass is 16.5. The molecule has 0 saturated carbocycles. The molecule has 1 unspecified atom stereocenters. The molecule has 2 heterocycles. The van der Waals surface area contributed by atoms with E-state index in [0.717, 1.165) is 38.5 Å². The van der Waals surface area contributed by atoms with Crippen molar-refractivity contribution < 1.29 is 4.74 Å². The Bertz CT molecular complexity index is 335. The van der Waals surface area contributed by atoms with Crippen LogP contribution in [0.15, 0.2) is 18.3 Å². The number of hydrogen-bond donors (Lipinski definition) is 2. The molecule has 1 atom stereocenters. The monoisotopic (exact) mass is 236 g/mol. The second kappa shape index (κ2) is 5.84. The van der Waals surface area contributed by atoms with Crippen molar-refractivity contribution in [2.24, 2.45) is 0 Å². The minimum absolute atomic E-state index is 0.388. The van der Waals surface area contributed by atoms with Crippen LogP contribution in [0.25, 0.3) is 0 Å². The Morgan fingerprint density at radius 3 is 2.88 bits per heavy atom. The molecular formula is C12H20N4O. The molecule has 1 aliphatic rings. The number of aromatic nitrogens is 1. The van der Waals surface area contributed by atoms with Gasteiger partial charge in [-0.2, -0.15) is 0 Å². The smallest absolute Gasteiger partial charge is 0.123 e. The highest BCUT2D eigenvalue weighted by Gasteiger charge is 2.13. The van der Waals surface area contributed by atoms with Gasteiger partial charge in [-0.25, -0.2) is 4.98 Å². The number of anilines is 2. The van der Waals surface area contributed by atoms with E-state index in [2.05, 4.69) is 22.1 Å². The molecule has 0 spiro atoms. The predicted molar refractivity (Wildman–Crippen MR) is 69.0 cm³/mol. The largest absolute Gasteiger partial charge is 0.384 e. The van der Waals surface area contributed by atoms with Crippen LogP contribution in [0.3, 0.4) is 0 Å². The third-order valence-electron chi connectivity index (χ3n) is 2.84. The van der Waals surface area contributed by atoms with Crippen molar-refractivity contribution in [1.82, 2.24) is 9.88 Å². The van der Waals surface area contributed by atoms with Gasteiger partial charge >= 0.3 is 0 Å². The lowest BCUT2D eigenvalue weighted by Crippen LogP contribution is -2.42. The first kappa shape index (κ1) is 12.1. The molecule has 0 amide bonds. The SMILES string of the molecule is CC(CN1CCOCC1)Nc1ccc(N)nc1. The normalized spacial score (nSPS) is 18.9. The Kier molecular flexibility index (Phi) is 4.17. The molecule has 1 fully saturated rings.